The molecule has 0 saturated carbocycles. The van der Waals surface area contributed by atoms with Crippen LogP contribution in [0, 0.1) is 0 Å². The first-order valence-corrected chi connectivity index (χ1v) is 10.1. The number of H-pyrrole nitrogens is 1. The Hall–Kier alpha value is -3.41. The van der Waals surface area contributed by atoms with Crippen LogP contribution in [0.1, 0.15) is 45.6 Å². The van der Waals surface area contributed by atoms with Crippen molar-refractivity contribution in [3.8, 4) is 0 Å². The van der Waals surface area contributed by atoms with Crippen molar-refractivity contribution in [3.63, 3.8) is 0 Å². The van der Waals surface area contributed by atoms with E-state index in [1.165, 1.54) is 35.8 Å². The van der Waals surface area contributed by atoms with Gasteiger partial charge in [-0.2, -0.15) is 5.10 Å². The molecular weight excluding hydrogens is 362 g/mol. The van der Waals surface area contributed by atoms with E-state index in [0.29, 0.717) is 13.1 Å². The van der Waals surface area contributed by atoms with Gasteiger partial charge in [0.15, 0.2) is 0 Å². The minimum absolute atomic E-state index is 0.0455. The van der Waals surface area contributed by atoms with Crippen LogP contribution < -0.4 is 5.32 Å². The summed E-state index contributed by atoms with van der Waals surface area (Å²) in [5.74, 6) is -0.0455. The van der Waals surface area contributed by atoms with Gasteiger partial charge in [-0.1, -0.05) is 36.4 Å². The molecule has 1 aliphatic rings. The summed E-state index contributed by atoms with van der Waals surface area (Å²) >= 11 is 0. The lowest BCUT2D eigenvalue weighted by atomic mass is 9.95. The minimum atomic E-state index is -0.0455. The molecule has 1 aliphatic carbocycles. The number of rotatable bonds is 5. The Bertz CT molecular complexity index is 1160. The average Bonchev–Trinajstić information content (AvgIpc) is 3.39. The van der Waals surface area contributed by atoms with Crippen LogP contribution >= 0.6 is 0 Å². The Labute approximate surface area is 169 Å². The van der Waals surface area contributed by atoms with Crippen LogP contribution in [0.3, 0.4) is 0 Å². The number of benzene rings is 2. The zero-order valence-electron chi connectivity index (χ0n) is 16.2. The van der Waals surface area contributed by atoms with Crippen molar-refractivity contribution in [1.82, 2.24) is 25.1 Å². The molecular formula is C23H23N5O. The highest BCUT2D eigenvalue weighted by molar-refractivity contribution is 6.06. The Morgan fingerprint density at radius 3 is 2.86 bits per heavy atom. The maximum atomic E-state index is 12.9. The third-order valence-electron chi connectivity index (χ3n) is 5.63. The first kappa shape index (κ1) is 17.7. The number of hydrogen-bond acceptors (Lipinski definition) is 3. The van der Waals surface area contributed by atoms with Gasteiger partial charge >= 0.3 is 0 Å². The molecule has 6 nitrogen and oxygen atoms in total. The van der Waals surface area contributed by atoms with E-state index >= 15 is 0 Å². The van der Waals surface area contributed by atoms with Crippen molar-refractivity contribution < 1.29 is 4.79 Å². The number of hydrogen-bond donors (Lipinski definition) is 2. The number of nitrogens with zero attached hydrogens (tertiary/aromatic N) is 3. The molecule has 2 N–H and O–H groups in total. The summed E-state index contributed by atoms with van der Waals surface area (Å²) in [6.45, 7) is 1.15. The number of aromatic nitrogens is 4. The molecule has 0 unspecified atom stereocenters. The van der Waals surface area contributed by atoms with Gasteiger partial charge in [0.05, 0.1) is 17.6 Å². The second kappa shape index (κ2) is 7.54. The van der Waals surface area contributed by atoms with E-state index in [9.17, 15) is 4.79 Å². The quantitative estimate of drug-likeness (QED) is 0.551. The van der Waals surface area contributed by atoms with E-state index in [4.69, 9.17) is 0 Å². The zero-order chi connectivity index (χ0) is 19.6. The van der Waals surface area contributed by atoms with Crippen molar-refractivity contribution in [3.05, 3.63) is 83.1 Å². The van der Waals surface area contributed by atoms with Crippen LogP contribution in [0.2, 0.25) is 0 Å². The van der Waals surface area contributed by atoms with Crippen molar-refractivity contribution in [2.24, 2.45) is 0 Å². The summed E-state index contributed by atoms with van der Waals surface area (Å²) in [5, 5.41) is 8.42. The maximum Gasteiger partial charge on any atom is 0.253 e. The largest absolute Gasteiger partial charge is 0.358 e. The normalized spacial score (nSPS) is 13.4. The third-order valence-corrected chi connectivity index (χ3v) is 5.63. The number of amides is 1. The van der Waals surface area contributed by atoms with Gasteiger partial charge in [-0.3, -0.25) is 4.79 Å². The van der Waals surface area contributed by atoms with E-state index in [0.717, 1.165) is 35.0 Å². The average molecular weight is 385 g/mol. The molecule has 0 saturated heterocycles. The molecule has 0 aliphatic heterocycles. The molecule has 0 bridgehead atoms. The highest BCUT2D eigenvalue weighted by atomic mass is 16.1. The van der Waals surface area contributed by atoms with Gasteiger partial charge in [0.2, 0.25) is 0 Å². The van der Waals surface area contributed by atoms with Gasteiger partial charge in [-0.25, -0.2) is 9.67 Å². The predicted molar refractivity (Wildman–Crippen MR) is 112 cm³/mol. The summed E-state index contributed by atoms with van der Waals surface area (Å²) < 4.78 is 1.78. The molecule has 29 heavy (non-hydrogen) atoms. The number of aryl methyl sites for hydroxylation is 2. The fourth-order valence-corrected chi connectivity index (χ4v) is 4.24. The smallest absolute Gasteiger partial charge is 0.253 e. The number of fused-ring (bicyclic) bond motifs is 3. The lowest BCUT2D eigenvalue weighted by molar-refractivity contribution is 0.0952. The second-order valence-corrected chi connectivity index (χ2v) is 7.61. The van der Waals surface area contributed by atoms with Crippen molar-refractivity contribution in [2.75, 3.05) is 0 Å². The highest BCUT2D eigenvalue weighted by Crippen LogP contribution is 2.30. The van der Waals surface area contributed by atoms with Crippen LogP contribution in [0.4, 0.5) is 0 Å². The van der Waals surface area contributed by atoms with Gasteiger partial charge < -0.3 is 10.3 Å². The number of aromatic amines is 1. The molecule has 0 spiro atoms. The third kappa shape index (κ3) is 3.53. The van der Waals surface area contributed by atoms with Gasteiger partial charge in [-0.05, 0) is 48.4 Å². The van der Waals surface area contributed by atoms with E-state index in [1.54, 1.807) is 11.0 Å². The standard InChI is InChI=1S/C23H23N5O/c29-23(20-9-4-8-19-18-7-1-2-10-21(18)27-22(19)20)25-12-16-5-3-6-17(11-16)13-28-15-24-14-26-28/h3-6,8-9,11,14-15,27H,1-2,7,10,12-13H2,(H,25,29). The molecule has 0 fully saturated rings. The van der Waals surface area contributed by atoms with E-state index in [-0.39, 0.29) is 5.91 Å². The Morgan fingerprint density at radius 2 is 1.97 bits per heavy atom. The number of carbonyl (C=O) groups excluding carboxylic acids is 1. The summed E-state index contributed by atoms with van der Waals surface area (Å²) in [6.07, 6.45) is 7.84. The number of nitrogens with one attached hydrogen (secondary N) is 2. The molecule has 2 aromatic heterocycles. The lowest BCUT2D eigenvalue weighted by Crippen LogP contribution is -2.23. The Morgan fingerprint density at radius 1 is 1.10 bits per heavy atom. The molecule has 2 aromatic carbocycles. The fourth-order valence-electron chi connectivity index (χ4n) is 4.24. The molecule has 0 radical (unpaired) electrons. The fraction of sp³-hybridized carbons (Fsp3) is 0.261. The van der Waals surface area contributed by atoms with Crippen LogP contribution in [0.25, 0.3) is 10.9 Å². The molecule has 5 rings (SSSR count). The van der Waals surface area contributed by atoms with Crippen molar-refractivity contribution >= 4 is 16.8 Å². The molecule has 146 valence electrons. The van der Waals surface area contributed by atoms with Gasteiger partial charge in [-0.15, -0.1) is 0 Å². The monoisotopic (exact) mass is 385 g/mol. The van der Waals surface area contributed by atoms with Gasteiger partial charge in [0, 0.05) is 17.6 Å². The molecule has 0 atom stereocenters. The van der Waals surface area contributed by atoms with E-state index in [2.05, 4.69) is 38.6 Å². The topological polar surface area (TPSA) is 75.6 Å². The van der Waals surface area contributed by atoms with Crippen LogP contribution in [0.15, 0.2) is 55.1 Å². The van der Waals surface area contributed by atoms with Crippen LogP contribution in [-0.4, -0.2) is 25.7 Å². The van der Waals surface area contributed by atoms with Crippen molar-refractivity contribution in [1.29, 1.82) is 0 Å². The Balaban J connectivity index is 1.33. The molecule has 1 amide bonds. The summed E-state index contributed by atoms with van der Waals surface area (Å²) in [7, 11) is 0. The van der Waals surface area contributed by atoms with Gasteiger partial charge in [0.1, 0.15) is 12.7 Å². The van der Waals surface area contributed by atoms with E-state index in [1.807, 2.05) is 24.3 Å². The number of carbonyl (C=O) groups is 1. The van der Waals surface area contributed by atoms with Crippen LogP contribution in [-0.2, 0) is 25.9 Å². The highest BCUT2D eigenvalue weighted by Gasteiger charge is 2.19. The molecule has 6 heteroatoms. The van der Waals surface area contributed by atoms with Gasteiger partial charge in [0.25, 0.3) is 5.91 Å². The van der Waals surface area contributed by atoms with Crippen LogP contribution in [0.5, 0.6) is 0 Å². The predicted octanol–water partition coefficient (Wildman–Crippen LogP) is 3.62. The SMILES string of the molecule is O=C(NCc1cccc(Cn2cncn2)c1)c1cccc2c3c([nH]c12)CCCC3. The number of para-hydroxylation sites is 1. The summed E-state index contributed by atoms with van der Waals surface area (Å²) in [6, 6.07) is 14.2. The van der Waals surface area contributed by atoms with E-state index < -0.39 is 0 Å². The zero-order valence-corrected chi connectivity index (χ0v) is 16.2. The molecule has 4 aromatic rings. The van der Waals surface area contributed by atoms with Crippen molar-refractivity contribution in [2.45, 2.75) is 38.8 Å². The first-order valence-electron chi connectivity index (χ1n) is 10.1. The summed E-state index contributed by atoms with van der Waals surface area (Å²) in [4.78, 5) is 20.4. The lowest BCUT2D eigenvalue weighted by Gasteiger charge is -2.10. The maximum absolute atomic E-state index is 12.9. The Kier molecular flexibility index (Phi) is 4.60. The molecule has 2 heterocycles. The minimum Gasteiger partial charge on any atom is -0.358 e. The second-order valence-electron chi connectivity index (χ2n) is 7.61. The first-order chi connectivity index (χ1) is 14.3. The summed E-state index contributed by atoms with van der Waals surface area (Å²) in [5.41, 5.74) is 6.57.